The molecule has 9 aromatic rings. The van der Waals surface area contributed by atoms with Gasteiger partial charge in [0, 0.05) is 97.7 Å². The topological polar surface area (TPSA) is 199 Å². The van der Waals surface area contributed by atoms with Crippen molar-refractivity contribution in [1.82, 2.24) is 9.55 Å². The number of phenols is 1. The number of nitrogens with one attached hydrogen (secondary N) is 1. The first-order chi connectivity index (χ1) is 40.8. The zero-order valence-electron chi connectivity index (χ0n) is 47.7. The molecule has 0 spiro atoms. The number of nitrogens with zero attached hydrogens (tertiary/aromatic N) is 3. The summed E-state index contributed by atoms with van der Waals surface area (Å²) in [5.41, 5.74) is 12.1. The summed E-state index contributed by atoms with van der Waals surface area (Å²) in [5.74, 6) is -0.901. The van der Waals surface area contributed by atoms with Gasteiger partial charge < -0.3 is 48.0 Å². The summed E-state index contributed by atoms with van der Waals surface area (Å²) in [4.78, 5) is 66.5. The van der Waals surface area contributed by atoms with E-state index < -0.39 is 11.9 Å². The predicted octanol–water partition coefficient (Wildman–Crippen LogP) is 12.6. The summed E-state index contributed by atoms with van der Waals surface area (Å²) >= 11 is 0. The first-order valence-electron chi connectivity index (χ1n) is 28.0. The Morgan fingerprint density at radius 1 is 0.548 bits per heavy atom. The molecule has 0 saturated heterocycles. The minimum absolute atomic E-state index is 0.0746. The minimum Gasteiger partial charge on any atom is -0.507 e. The van der Waals surface area contributed by atoms with Crippen molar-refractivity contribution in [3.63, 3.8) is 0 Å². The molecule has 0 amide bonds. The van der Waals surface area contributed by atoms with Crippen LogP contribution in [0.3, 0.4) is 0 Å². The number of aromatic amines is 1. The average Bonchev–Trinajstić information content (AvgIpc) is 3.17. The maximum atomic E-state index is 14.6. The molecule has 0 radical (unpaired) electrons. The molecule has 16 heteroatoms. The van der Waals surface area contributed by atoms with Gasteiger partial charge in [-0.15, -0.1) is 0 Å². The van der Waals surface area contributed by atoms with Gasteiger partial charge in [-0.05, 0) is 124 Å². The van der Waals surface area contributed by atoms with E-state index in [1.165, 1.54) is 19.9 Å². The maximum absolute atomic E-state index is 14.6. The van der Waals surface area contributed by atoms with Gasteiger partial charge in [0.2, 0.25) is 5.78 Å². The lowest BCUT2D eigenvalue weighted by Crippen LogP contribution is -2.16. The molecule has 16 nitrogen and oxygen atoms in total. The van der Waals surface area contributed by atoms with Crippen LogP contribution in [-0.2, 0) is 41.7 Å². The number of ketones is 2. The molecule has 0 atom stereocenters. The van der Waals surface area contributed by atoms with Crippen molar-refractivity contribution in [3.8, 4) is 23.0 Å². The second-order valence-corrected chi connectivity index (χ2v) is 20.1. The Morgan fingerprint density at radius 2 is 1.06 bits per heavy atom. The molecule has 0 fully saturated rings. The van der Waals surface area contributed by atoms with Crippen molar-refractivity contribution in [1.29, 1.82) is 0 Å². The number of phenolic OH excluding ortho intramolecular Hbond substituents is 1. The van der Waals surface area contributed by atoms with Gasteiger partial charge in [0.25, 0.3) is 0 Å². The van der Waals surface area contributed by atoms with E-state index in [0.29, 0.717) is 53.5 Å². The SMILES string of the molecule is CCOc1cccc(OCCOCCOCCOc2cccc(O)c2C(=O)C2=Cc3c(n(CC)c4ccc(/C(=N/OC(C)=O)c5ccccc5C)cc34)CC2)c1C(=O)c1ccc2[nH]c3ccc(/C(=N/OC(C)=O)c4ccccc4C)cc3c2c1. The zero-order chi connectivity index (χ0) is 58.9. The van der Waals surface area contributed by atoms with Crippen molar-refractivity contribution in [2.45, 2.75) is 60.9 Å². The van der Waals surface area contributed by atoms with Crippen molar-refractivity contribution < 1.29 is 57.6 Å². The van der Waals surface area contributed by atoms with Crippen LogP contribution in [0.5, 0.6) is 23.0 Å². The van der Waals surface area contributed by atoms with E-state index >= 15 is 0 Å². The summed E-state index contributed by atoms with van der Waals surface area (Å²) in [7, 11) is 0. The Labute approximate surface area is 485 Å². The number of hydrogen-bond donors (Lipinski definition) is 2. The molecular weight excluding hydrogens is 1060 g/mol. The molecule has 0 aliphatic heterocycles. The molecule has 428 valence electrons. The summed E-state index contributed by atoms with van der Waals surface area (Å²) in [6.07, 6.45) is 2.98. The van der Waals surface area contributed by atoms with Crippen LogP contribution >= 0.6 is 0 Å². The number of carbonyl (C=O) groups is 4. The average molecular weight is 1130 g/mol. The molecule has 0 saturated carbocycles. The third kappa shape index (κ3) is 12.4. The van der Waals surface area contributed by atoms with Gasteiger partial charge in [-0.1, -0.05) is 83.1 Å². The quantitative estimate of drug-likeness (QED) is 0.0191. The lowest BCUT2D eigenvalue weighted by atomic mass is 9.89. The third-order valence-electron chi connectivity index (χ3n) is 14.6. The van der Waals surface area contributed by atoms with Gasteiger partial charge in [0.15, 0.2) is 5.78 Å². The van der Waals surface area contributed by atoms with E-state index in [2.05, 4.69) is 26.8 Å². The zero-order valence-corrected chi connectivity index (χ0v) is 47.7. The second kappa shape index (κ2) is 26.1. The Morgan fingerprint density at radius 3 is 1.63 bits per heavy atom. The first kappa shape index (κ1) is 57.6. The van der Waals surface area contributed by atoms with Gasteiger partial charge in [0.1, 0.15) is 58.8 Å². The largest absolute Gasteiger partial charge is 0.507 e. The Bertz CT molecular complexity index is 4090. The number of fused-ring (bicyclic) bond motifs is 6. The van der Waals surface area contributed by atoms with Crippen LogP contribution in [0.25, 0.3) is 38.8 Å². The molecule has 1 aliphatic carbocycles. The fraction of sp³-hybridized carbons (Fsp3) is 0.235. The number of Topliss-reactive ketones (excluding diaryl/α,β-unsaturated/α-hetero) is 1. The van der Waals surface area contributed by atoms with Crippen molar-refractivity contribution in [2.75, 3.05) is 46.2 Å². The lowest BCUT2D eigenvalue weighted by molar-refractivity contribution is -0.141. The molecule has 1 aliphatic rings. The fourth-order valence-electron chi connectivity index (χ4n) is 10.7. The molecule has 2 N–H and O–H groups in total. The van der Waals surface area contributed by atoms with Crippen molar-refractivity contribution >= 4 is 73.7 Å². The fourth-order valence-corrected chi connectivity index (χ4v) is 10.7. The Hall–Kier alpha value is -9.64. The summed E-state index contributed by atoms with van der Waals surface area (Å²) < 4.78 is 32.2. The van der Waals surface area contributed by atoms with Crippen LogP contribution in [0.1, 0.15) is 105 Å². The number of aryl methyl sites for hydroxylation is 3. The van der Waals surface area contributed by atoms with E-state index in [1.807, 2.05) is 124 Å². The third-order valence-corrected chi connectivity index (χ3v) is 14.6. The monoisotopic (exact) mass is 1130 g/mol. The highest BCUT2D eigenvalue weighted by molar-refractivity contribution is 6.20. The number of allylic oxidation sites excluding steroid dienone is 1. The highest BCUT2D eigenvalue weighted by Gasteiger charge is 2.28. The number of aromatic hydroxyl groups is 1. The van der Waals surface area contributed by atoms with E-state index in [1.54, 1.807) is 36.4 Å². The normalized spacial score (nSPS) is 12.5. The van der Waals surface area contributed by atoms with Crippen LogP contribution in [0, 0.1) is 13.8 Å². The molecule has 10 rings (SSSR count). The molecule has 84 heavy (non-hydrogen) atoms. The second-order valence-electron chi connectivity index (χ2n) is 20.1. The number of benzene rings is 7. The summed E-state index contributed by atoms with van der Waals surface area (Å²) in [6, 6.07) is 42.9. The number of rotatable bonds is 24. The highest BCUT2D eigenvalue weighted by atomic mass is 16.7. The maximum Gasteiger partial charge on any atom is 0.332 e. The van der Waals surface area contributed by atoms with Crippen LogP contribution in [0.2, 0.25) is 0 Å². The standard InChI is InChI=1S/C68H64N4O12/c1-7-72-57-29-25-46(66(71-84-44(6)74)50-18-12-10-16-42(50)4)38-53(57)54-40-48(26-30-58(54)72)67(76)63-59(75)19-13-20-60(63)81-35-33-78-31-32-79-34-36-82-62-22-14-21-61(80-8-2)64(62)68(77)47-24-28-56-52(39-47)51-37-45(23-27-55(51)69-56)65(70-83-43(5)73)49-17-11-9-15-41(49)3/h9-25,27-29,37-40,69,75H,7-8,26,30-36H2,1-6H3/b70-65-,71-66-. The van der Waals surface area contributed by atoms with Crippen LogP contribution in [-0.4, -0.2) is 95.8 Å². The smallest absolute Gasteiger partial charge is 0.332 e. The first-order valence-corrected chi connectivity index (χ1v) is 28.0. The number of aromatic nitrogens is 2. The van der Waals surface area contributed by atoms with Gasteiger partial charge in [-0.25, -0.2) is 9.59 Å². The van der Waals surface area contributed by atoms with E-state index in [-0.39, 0.29) is 73.8 Å². The Kier molecular flexibility index (Phi) is 17.9. The van der Waals surface area contributed by atoms with Gasteiger partial charge >= 0.3 is 11.9 Å². The highest BCUT2D eigenvalue weighted by Crippen LogP contribution is 2.39. The number of oxime groups is 2. The predicted molar refractivity (Wildman–Crippen MR) is 323 cm³/mol. The lowest BCUT2D eigenvalue weighted by Gasteiger charge is -2.18. The minimum atomic E-state index is -0.534. The van der Waals surface area contributed by atoms with E-state index in [9.17, 15) is 24.3 Å². The Balaban J connectivity index is 0.757. The molecule has 0 unspecified atom stereocenters. The number of hydrogen-bond acceptors (Lipinski definition) is 14. The molecular formula is C68H64N4O12. The summed E-state index contributed by atoms with van der Waals surface area (Å²) in [6.45, 7) is 12.7. The number of ether oxygens (including phenoxy) is 5. The van der Waals surface area contributed by atoms with Gasteiger partial charge in [-0.3, -0.25) is 9.59 Å². The van der Waals surface area contributed by atoms with Crippen LogP contribution in [0.15, 0.2) is 155 Å². The molecule has 2 aromatic heterocycles. The molecule has 7 aromatic carbocycles. The van der Waals surface area contributed by atoms with Crippen molar-refractivity contribution in [2.24, 2.45) is 10.3 Å². The summed E-state index contributed by atoms with van der Waals surface area (Å²) in [5, 5.41) is 22.3. The van der Waals surface area contributed by atoms with Gasteiger partial charge in [-0.2, -0.15) is 0 Å². The van der Waals surface area contributed by atoms with Crippen molar-refractivity contribution in [3.05, 3.63) is 206 Å². The van der Waals surface area contributed by atoms with Gasteiger partial charge in [0.05, 0.1) is 33.0 Å². The number of H-pyrrole nitrogens is 1. The van der Waals surface area contributed by atoms with Crippen LogP contribution in [0.4, 0.5) is 0 Å². The molecule has 2 heterocycles. The van der Waals surface area contributed by atoms with E-state index in [0.717, 1.165) is 83.9 Å². The van der Waals surface area contributed by atoms with Crippen LogP contribution < -0.4 is 14.2 Å². The number of carbonyl (C=O) groups excluding carboxylic acids is 4. The van der Waals surface area contributed by atoms with E-state index in [4.69, 9.17) is 33.4 Å². The molecule has 0 bridgehead atoms.